The molecular formula is C28H35N5O3. The number of nitrogens with two attached hydrogens (primary N) is 1. The van der Waals surface area contributed by atoms with Crippen LogP contribution in [-0.2, 0) is 17.6 Å². The largest absolute Gasteiger partial charge is 0.396 e. The Morgan fingerprint density at radius 1 is 1.14 bits per heavy atom. The number of aliphatic hydroxyl groups excluding tert-OH is 1. The summed E-state index contributed by atoms with van der Waals surface area (Å²) in [7, 11) is 0. The Bertz CT molecular complexity index is 1380. The second-order valence-electron chi connectivity index (χ2n) is 10.5. The first-order valence-electron chi connectivity index (χ1n) is 12.7. The number of aromatic nitrogens is 4. The molecule has 0 amide bonds. The highest BCUT2D eigenvalue weighted by Gasteiger charge is 2.38. The van der Waals surface area contributed by atoms with Crippen LogP contribution in [0, 0.1) is 12.8 Å². The number of hydrogen-bond donors (Lipinski definition) is 3. The van der Waals surface area contributed by atoms with E-state index in [-0.39, 0.29) is 24.7 Å². The van der Waals surface area contributed by atoms with Gasteiger partial charge in [0.1, 0.15) is 17.8 Å². The molecule has 1 saturated carbocycles. The fourth-order valence-corrected chi connectivity index (χ4v) is 5.66. The van der Waals surface area contributed by atoms with Crippen molar-refractivity contribution in [2.24, 2.45) is 5.92 Å². The van der Waals surface area contributed by atoms with Gasteiger partial charge in [-0.3, -0.25) is 0 Å². The predicted octanol–water partition coefficient (Wildman–Crippen LogP) is 4.10. The van der Waals surface area contributed by atoms with Crippen molar-refractivity contribution in [3.63, 3.8) is 0 Å². The summed E-state index contributed by atoms with van der Waals surface area (Å²) < 4.78 is 8.38. The highest BCUT2D eigenvalue weighted by Crippen LogP contribution is 2.42. The first-order valence-corrected chi connectivity index (χ1v) is 12.7. The maximum absolute atomic E-state index is 10.5. The van der Waals surface area contributed by atoms with Gasteiger partial charge in [0.15, 0.2) is 5.79 Å². The van der Waals surface area contributed by atoms with E-state index in [2.05, 4.69) is 43.9 Å². The molecule has 36 heavy (non-hydrogen) atoms. The molecule has 190 valence electrons. The average Bonchev–Trinajstić information content (AvgIpc) is 3.42. The Labute approximate surface area is 211 Å². The normalized spacial score (nSPS) is 20.5. The van der Waals surface area contributed by atoms with Crippen LogP contribution in [-0.4, -0.2) is 48.2 Å². The van der Waals surface area contributed by atoms with Crippen LogP contribution in [0.5, 0.6) is 0 Å². The zero-order chi connectivity index (χ0) is 25.4. The molecular weight excluding hydrogens is 454 g/mol. The van der Waals surface area contributed by atoms with Gasteiger partial charge in [-0.2, -0.15) is 0 Å². The lowest BCUT2D eigenvalue weighted by Crippen LogP contribution is -2.32. The molecule has 1 aromatic carbocycles. The molecule has 3 atom stereocenters. The second kappa shape index (κ2) is 9.76. The van der Waals surface area contributed by atoms with Crippen LogP contribution in [0.4, 0.5) is 5.82 Å². The molecule has 0 bridgehead atoms. The first-order chi connectivity index (χ1) is 17.2. The minimum Gasteiger partial charge on any atom is -0.396 e. The molecule has 0 saturated heterocycles. The quantitative estimate of drug-likeness (QED) is 0.319. The highest BCUT2D eigenvalue weighted by molar-refractivity contribution is 5.83. The monoisotopic (exact) mass is 489 g/mol. The number of pyridine rings is 1. The van der Waals surface area contributed by atoms with Gasteiger partial charge in [-0.05, 0) is 99.7 Å². The minimum atomic E-state index is -1.21. The number of nitrogen functional groups attached to an aromatic ring is 1. The molecule has 0 aliphatic heterocycles. The Morgan fingerprint density at radius 3 is 2.72 bits per heavy atom. The summed E-state index contributed by atoms with van der Waals surface area (Å²) in [5.74, 6) is -0.402. The lowest BCUT2D eigenvalue weighted by molar-refractivity contribution is -0.212. The van der Waals surface area contributed by atoms with Crippen molar-refractivity contribution in [3.05, 3.63) is 59.7 Å². The number of fused-ring (bicyclic) bond motifs is 2. The average molecular weight is 490 g/mol. The summed E-state index contributed by atoms with van der Waals surface area (Å²) in [6.07, 6.45) is 9.49. The van der Waals surface area contributed by atoms with Gasteiger partial charge in [0.2, 0.25) is 0 Å². The summed E-state index contributed by atoms with van der Waals surface area (Å²) in [5, 5.41) is 22.2. The molecule has 1 aliphatic carbocycles. The molecule has 3 aromatic heterocycles. The van der Waals surface area contributed by atoms with E-state index in [0.717, 1.165) is 58.7 Å². The molecule has 5 rings (SSSR count). The lowest BCUT2D eigenvalue weighted by atomic mass is 9.92. The van der Waals surface area contributed by atoms with Gasteiger partial charge in [-0.15, -0.1) is 0 Å². The number of aryl methyl sites for hydroxylation is 2. The van der Waals surface area contributed by atoms with Crippen LogP contribution >= 0.6 is 0 Å². The molecule has 1 fully saturated rings. The Balaban J connectivity index is 1.41. The molecule has 0 spiro atoms. The van der Waals surface area contributed by atoms with E-state index < -0.39 is 5.79 Å². The molecule has 4 N–H and O–H groups in total. The molecule has 0 radical (unpaired) electrons. The van der Waals surface area contributed by atoms with E-state index in [0.29, 0.717) is 12.2 Å². The first kappa shape index (κ1) is 24.6. The lowest BCUT2D eigenvalue weighted by Gasteiger charge is -2.28. The van der Waals surface area contributed by atoms with Crippen LogP contribution in [0.3, 0.4) is 0 Å². The highest BCUT2D eigenvalue weighted by atomic mass is 16.6. The third kappa shape index (κ3) is 5.07. The summed E-state index contributed by atoms with van der Waals surface area (Å²) in [6, 6.07) is 8.58. The fourth-order valence-electron chi connectivity index (χ4n) is 5.66. The number of nitrogens with zero attached hydrogens (tertiary/aromatic N) is 4. The summed E-state index contributed by atoms with van der Waals surface area (Å²) in [4.78, 5) is 13.2. The van der Waals surface area contributed by atoms with Crippen molar-refractivity contribution >= 4 is 27.8 Å². The Hall–Kier alpha value is -3.07. The third-order valence-electron chi connectivity index (χ3n) is 7.35. The number of rotatable bonds is 8. The second-order valence-corrected chi connectivity index (χ2v) is 10.5. The van der Waals surface area contributed by atoms with Crippen molar-refractivity contribution in [1.29, 1.82) is 0 Å². The predicted molar refractivity (Wildman–Crippen MR) is 140 cm³/mol. The molecule has 8 nitrogen and oxygen atoms in total. The van der Waals surface area contributed by atoms with Crippen LogP contribution in [0.15, 0.2) is 43.0 Å². The van der Waals surface area contributed by atoms with Crippen LogP contribution in [0.2, 0.25) is 0 Å². The number of benzene rings is 1. The van der Waals surface area contributed by atoms with Gasteiger partial charge >= 0.3 is 0 Å². The van der Waals surface area contributed by atoms with Crippen LogP contribution < -0.4 is 5.73 Å². The number of anilines is 1. The zero-order valence-corrected chi connectivity index (χ0v) is 21.2. The van der Waals surface area contributed by atoms with Gasteiger partial charge in [-0.1, -0.05) is 0 Å². The van der Waals surface area contributed by atoms with E-state index in [1.807, 2.05) is 19.2 Å². The number of aliphatic hydroxyl groups is 2. The Kier molecular flexibility index (Phi) is 6.68. The molecule has 8 heteroatoms. The molecule has 4 aromatic rings. The van der Waals surface area contributed by atoms with Crippen molar-refractivity contribution < 1.29 is 14.9 Å². The fraction of sp³-hybridized carbons (Fsp3) is 0.464. The van der Waals surface area contributed by atoms with Gasteiger partial charge < -0.3 is 25.3 Å². The maximum Gasteiger partial charge on any atom is 0.160 e. The summed E-state index contributed by atoms with van der Waals surface area (Å²) in [5.41, 5.74) is 11.2. The van der Waals surface area contributed by atoms with Crippen LogP contribution in [0.25, 0.3) is 21.9 Å². The van der Waals surface area contributed by atoms with Crippen molar-refractivity contribution in [2.45, 2.75) is 70.8 Å². The van der Waals surface area contributed by atoms with E-state index in [9.17, 15) is 10.2 Å². The Morgan fingerprint density at radius 2 is 1.94 bits per heavy atom. The molecule has 3 heterocycles. The minimum absolute atomic E-state index is 0.0764. The topological polar surface area (TPSA) is 119 Å². The number of ether oxygens (including phenoxy) is 1. The molecule has 1 aliphatic rings. The van der Waals surface area contributed by atoms with E-state index in [1.54, 1.807) is 20.2 Å². The third-order valence-corrected chi connectivity index (χ3v) is 7.35. The standard InChI is InChI=1S/C28H35N5O3/c1-17-10-22-11-19(7-9-34)18(13-24(22)32-26(17)29)4-5-20-12-23(14-25(20)36-28(2,3)35)33-8-6-21-15-30-16-31-27(21)33/h6,8,10-11,13,15-16,20,23,25,34-35H,4-5,7,9,12,14H2,1-3H3,(H2,29,32). The summed E-state index contributed by atoms with van der Waals surface area (Å²) in [6.45, 7) is 5.44. The van der Waals surface area contributed by atoms with Crippen LogP contribution in [0.1, 0.15) is 55.8 Å². The zero-order valence-electron chi connectivity index (χ0n) is 21.2. The van der Waals surface area contributed by atoms with Crippen molar-refractivity contribution in [1.82, 2.24) is 19.5 Å². The smallest absolute Gasteiger partial charge is 0.160 e. The van der Waals surface area contributed by atoms with Gasteiger partial charge in [0.05, 0.1) is 11.6 Å². The van der Waals surface area contributed by atoms with Crippen molar-refractivity contribution in [2.75, 3.05) is 12.3 Å². The maximum atomic E-state index is 10.5. The van der Waals surface area contributed by atoms with E-state index in [1.165, 1.54) is 5.56 Å². The SMILES string of the molecule is Cc1cc2cc(CCO)c(CCC3CC(n4ccc5cncnc54)CC3OC(C)(C)O)cc2nc1N. The van der Waals surface area contributed by atoms with Gasteiger partial charge in [-0.25, -0.2) is 15.0 Å². The van der Waals surface area contributed by atoms with E-state index >= 15 is 0 Å². The van der Waals surface area contributed by atoms with E-state index in [4.69, 9.17) is 10.5 Å². The summed E-state index contributed by atoms with van der Waals surface area (Å²) >= 11 is 0. The van der Waals surface area contributed by atoms with Gasteiger partial charge in [0.25, 0.3) is 0 Å². The number of hydrogen-bond acceptors (Lipinski definition) is 7. The van der Waals surface area contributed by atoms with Crippen molar-refractivity contribution in [3.8, 4) is 0 Å². The van der Waals surface area contributed by atoms with Gasteiger partial charge in [0, 0.05) is 35.8 Å². The molecule has 3 unspecified atom stereocenters.